The van der Waals surface area contributed by atoms with E-state index in [1.807, 2.05) is 18.2 Å². The summed E-state index contributed by atoms with van der Waals surface area (Å²) in [5, 5.41) is 2.81. The Balaban J connectivity index is 1.41. The Labute approximate surface area is 225 Å². The van der Waals surface area contributed by atoms with Crippen LogP contribution in [0.3, 0.4) is 0 Å². The van der Waals surface area contributed by atoms with Gasteiger partial charge in [-0.05, 0) is 60.3 Å². The first-order valence-corrected chi connectivity index (χ1v) is 12.8. The average molecular weight is 588 g/mol. The number of nitrogens with one attached hydrogen (secondary N) is 1. The molecule has 3 aromatic rings. The summed E-state index contributed by atoms with van der Waals surface area (Å²) in [6, 6.07) is 21.2. The first kappa shape index (κ1) is 25.8. The Morgan fingerprint density at radius 2 is 1.75 bits per heavy atom. The SMILES string of the molecule is O=C(COc1ccc(Br)cc1/C=C1\SC(=O)N(CCOc2ccccc2Cl)C1=O)Nc1ccccc1. The van der Waals surface area contributed by atoms with Gasteiger partial charge in [0, 0.05) is 15.7 Å². The van der Waals surface area contributed by atoms with E-state index in [9.17, 15) is 14.4 Å². The molecule has 184 valence electrons. The molecule has 0 spiro atoms. The maximum atomic E-state index is 12.9. The first-order chi connectivity index (χ1) is 17.4. The van der Waals surface area contributed by atoms with E-state index in [0.717, 1.165) is 21.1 Å². The molecule has 3 aromatic carbocycles. The highest BCUT2D eigenvalue weighted by Crippen LogP contribution is 2.35. The lowest BCUT2D eigenvalue weighted by Crippen LogP contribution is -2.32. The maximum absolute atomic E-state index is 12.9. The van der Waals surface area contributed by atoms with Crippen LogP contribution in [0.4, 0.5) is 10.5 Å². The third-order valence-electron chi connectivity index (χ3n) is 4.96. The Bertz CT molecular complexity index is 1320. The summed E-state index contributed by atoms with van der Waals surface area (Å²) in [5.74, 6) is 0.124. The molecule has 0 atom stereocenters. The number of hydrogen-bond acceptors (Lipinski definition) is 6. The van der Waals surface area contributed by atoms with E-state index in [0.29, 0.717) is 27.8 Å². The van der Waals surface area contributed by atoms with Crippen molar-refractivity contribution < 1.29 is 23.9 Å². The molecule has 0 aromatic heterocycles. The van der Waals surface area contributed by atoms with Gasteiger partial charge < -0.3 is 14.8 Å². The number of carbonyl (C=O) groups excluding carboxylic acids is 3. The van der Waals surface area contributed by atoms with Crippen molar-refractivity contribution in [2.75, 3.05) is 25.1 Å². The standard InChI is InChI=1S/C26H20BrClN2O5S/c27-18-10-11-21(35-16-24(31)29-19-6-2-1-3-7-19)17(14-18)15-23-25(32)30(26(33)36-23)12-13-34-22-9-5-4-8-20(22)28/h1-11,14-15H,12-13,16H2,(H,29,31)/b23-15-. The van der Waals surface area contributed by atoms with Gasteiger partial charge in [0.15, 0.2) is 6.61 Å². The van der Waals surface area contributed by atoms with Crippen LogP contribution in [0.15, 0.2) is 82.2 Å². The third kappa shape index (κ3) is 6.69. The smallest absolute Gasteiger partial charge is 0.293 e. The van der Waals surface area contributed by atoms with Crippen LogP contribution in [0.25, 0.3) is 6.08 Å². The van der Waals surface area contributed by atoms with Crippen molar-refractivity contribution in [2.24, 2.45) is 0 Å². The van der Waals surface area contributed by atoms with Gasteiger partial charge in [-0.3, -0.25) is 19.3 Å². The zero-order chi connectivity index (χ0) is 25.5. The van der Waals surface area contributed by atoms with E-state index in [1.54, 1.807) is 60.7 Å². The minimum absolute atomic E-state index is 0.0781. The van der Waals surface area contributed by atoms with Gasteiger partial charge in [-0.2, -0.15) is 0 Å². The minimum Gasteiger partial charge on any atom is -0.490 e. The van der Waals surface area contributed by atoms with Gasteiger partial charge in [0.1, 0.15) is 18.1 Å². The largest absolute Gasteiger partial charge is 0.490 e. The number of rotatable bonds is 9. The summed E-state index contributed by atoms with van der Waals surface area (Å²) in [7, 11) is 0. The predicted molar refractivity (Wildman–Crippen MR) is 144 cm³/mol. The predicted octanol–water partition coefficient (Wildman–Crippen LogP) is 6.24. The van der Waals surface area contributed by atoms with E-state index in [2.05, 4.69) is 21.2 Å². The number of thioether (sulfide) groups is 1. The monoisotopic (exact) mass is 586 g/mol. The van der Waals surface area contributed by atoms with Crippen molar-refractivity contribution in [1.29, 1.82) is 0 Å². The molecular weight excluding hydrogens is 568 g/mol. The molecule has 3 amide bonds. The minimum atomic E-state index is -0.430. The molecule has 0 radical (unpaired) electrons. The Kier molecular flexibility index (Phi) is 8.69. The lowest BCUT2D eigenvalue weighted by atomic mass is 10.2. The number of halogens is 2. The highest BCUT2D eigenvalue weighted by Gasteiger charge is 2.35. The second kappa shape index (κ2) is 12.1. The molecule has 0 saturated carbocycles. The topological polar surface area (TPSA) is 84.9 Å². The zero-order valence-corrected chi connectivity index (χ0v) is 21.9. The first-order valence-electron chi connectivity index (χ1n) is 10.8. The Hall–Kier alpha value is -3.27. The maximum Gasteiger partial charge on any atom is 0.293 e. The zero-order valence-electron chi connectivity index (χ0n) is 18.8. The van der Waals surface area contributed by atoms with Gasteiger partial charge in [-0.1, -0.05) is 57.9 Å². The van der Waals surface area contributed by atoms with Crippen LogP contribution >= 0.6 is 39.3 Å². The van der Waals surface area contributed by atoms with Crippen LogP contribution in [0.2, 0.25) is 5.02 Å². The van der Waals surface area contributed by atoms with E-state index in [4.69, 9.17) is 21.1 Å². The summed E-state index contributed by atoms with van der Waals surface area (Å²) in [6.07, 6.45) is 1.58. The molecule has 10 heteroatoms. The summed E-state index contributed by atoms with van der Waals surface area (Å²) in [6.45, 7) is -0.0379. The van der Waals surface area contributed by atoms with Crippen molar-refractivity contribution in [1.82, 2.24) is 4.90 Å². The Morgan fingerprint density at radius 1 is 1.00 bits per heavy atom. The van der Waals surface area contributed by atoms with Gasteiger partial charge in [0.05, 0.1) is 16.5 Å². The summed E-state index contributed by atoms with van der Waals surface area (Å²) < 4.78 is 12.1. The molecule has 0 unspecified atom stereocenters. The second-order valence-electron chi connectivity index (χ2n) is 7.50. The van der Waals surface area contributed by atoms with Crippen LogP contribution in [0.1, 0.15) is 5.56 Å². The van der Waals surface area contributed by atoms with Crippen LogP contribution in [0.5, 0.6) is 11.5 Å². The van der Waals surface area contributed by atoms with Crippen molar-refractivity contribution >= 4 is 68.1 Å². The number of benzene rings is 3. The van der Waals surface area contributed by atoms with Gasteiger partial charge in [-0.15, -0.1) is 0 Å². The summed E-state index contributed by atoms with van der Waals surface area (Å²) in [4.78, 5) is 39.0. The van der Waals surface area contributed by atoms with E-state index in [1.165, 1.54) is 0 Å². The quantitative estimate of drug-likeness (QED) is 0.299. The van der Waals surface area contributed by atoms with Crippen LogP contribution in [-0.2, 0) is 9.59 Å². The average Bonchev–Trinajstić information content (AvgIpc) is 3.12. The normalized spacial score (nSPS) is 14.3. The van der Waals surface area contributed by atoms with Crippen molar-refractivity contribution in [2.45, 2.75) is 0 Å². The number of carbonyl (C=O) groups is 3. The molecule has 1 aliphatic rings. The third-order valence-corrected chi connectivity index (χ3v) is 6.67. The van der Waals surface area contributed by atoms with Crippen molar-refractivity contribution in [3.8, 4) is 11.5 Å². The molecule has 1 N–H and O–H groups in total. The molecule has 4 rings (SSSR count). The van der Waals surface area contributed by atoms with E-state index in [-0.39, 0.29) is 30.6 Å². The number of ether oxygens (including phenoxy) is 2. The molecule has 0 bridgehead atoms. The van der Waals surface area contributed by atoms with Gasteiger partial charge in [0.25, 0.3) is 17.1 Å². The molecule has 1 fully saturated rings. The molecule has 1 saturated heterocycles. The van der Waals surface area contributed by atoms with E-state index < -0.39 is 11.1 Å². The Morgan fingerprint density at radius 3 is 2.53 bits per heavy atom. The second-order valence-corrected chi connectivity index (χ2v) is 9.81. The number of anilines is 1. The fraction of sp³-hybridized carbons (Fsp3) is 0.115. The van der Waals surface area contributed by atoms with Crippen LogP contribution in [-0.4, -0.2) is 41.7 Å². The number of imide groups is 1. The molecule has 36 heavy (non-hydrogen) atoms. The molecule has 1 heterocycles. The fourth-order valence-corrected chi connectivity index (χ4v) is 4.69. The van der Waals surface area contributed by atoms with Crippen molar-refractivity contribution in [3.63, 3.8) is 0 Å². The highest BCUT2D eigenvalue weighted by atomic mass is 79.9. The fourth-order valence-electron chi connectivity index (χ4n) is 3.27. The van der Waals surface area contributed by atoms with Crippen LogP contribution < -0.4 is 14.8 Å². The van der Waals surface area contributed by atoms with Crippen LogP contribution in [0, 0.1) is 0 Å². The molecular formula is C26H20BrClN2O5S. The molecule has 0 aliphatic carbocycles. The number of hydrogen-bond donors (Lipinski definition) is 1. The van der Waals surface area contributed by atoms with Gasteiger partial charge >= 0.3 is 0 Å². The molecule has 1 aliphatic heterocycles. The number of amides is 3. The number of nitrogens with zero attached hydrogens (tertiary/aromatic N) is 1. The molecule has 7 nitrogen and oxygen atoms in total. The summed E-state index contributed by atoms with van der Waals surface area (Å²) >= 11 is 10.3. The lowest BCUT2D eigenvalue weighted by Gasteiger charge is -2.14. The van der Waals surface area contributed by atoms with Gasteiger partial charge in [-0.25, -0.2) is 0 Å². The number of para-hydroxylation sites is 2. The lowest BCUT2D eigenvalue weighted by molar-refractivity contribution is -0.123. The van der Waals surface area contributed by atoms with Crippen molar-refractivity contribution in [3.05, 3.63) is 92.8 Å². The highest BCUT2D eigenvalue weighted by molar-refractivity contribution is 9.10. The summed E-state index contributed by atoms with van der Waals surface area (Å²) in [5.41, 5.74) is 1.21. The van der Waals surface area contributed by atoms with Gasteiger partial charge in [0.2, 0.25) is 0 Å². The van der Waals surface area contributed by atoms with E-state index >= 15 is 0 Å².